The summed E-state index contributed by atoms with van der Waals surface area (Å²) >= 11 is 1.66. The van der Waals surface area contributed by atoms with Gasteiger partial charge in [-0.15, -0.1) is 6.58 Å². The Bertz CT molecular complexity index is 273. The average molecular weight is 244 g/mol. The molecule has 0 rings (SSSR count). The van der Waals surface area contributed by atoms with Crippen LogP contribution in [0.15, 0.2) is 24.8 Å². The van der Waals surface area contributed by atoms with Crippen LogP contribution in [0, 0.1) is 0 Å². The van der Waals surface area contributed by atoms with Gasteiger partial charge in [0, 0.05) is 18.6 Å². The van der Waals surface area contributed by atoms with E-state index in [0.29, 0.717) is 6.42 Å². The summed E-state index contributed by atoms with van der Waals surface area (Å²) < 4.78 is 5.07. The highest BCUT2D eigenvalue weighted by Crippen LogP contribution is 2.09. The molecule has 0 aromatic rings. The van der Waals surface area contributed by atoms with E-state index in [1.54, 1.807) is 17.8 Å². The molecule has 0 aliphatic carbocycles. The molecule has 0 saturated carbocycles. The quantitative estimate of drug-likeness (QED) is 0.401. The molecule has 0 saturated heterocycles. The molecule has 1 unspecified atom stereocenters. The Morgan fingerprint density at radius 3 is 2.69 bits per heavy atom. The molecule has 0 aromatic carbocycles. The summed E-state index contributed by atoms with van der Waals surface area (Å²) in [6.07, 6.45) is 6.42. The summed E-state index contributed by atoms with van der Waals surface area (Å²) in [5.74, 6) is -0.911. The summed E-state index contributed by atoms with van der Waals surface area (Å²) in [4.78, 5) is 21.4. The third-order valence-electron chi connectivity index (χ3n) is 1.72. The molecule has 0 aromatic heterocycles. The Morgan fingerprint density at radius 1 is 1.50 bits per heavy atom. The minimum absolute atomic E-state index is 0.226. The molecule has 0 fully saturated rings. The first kappa shape index (κ1) is 14.8. The summed E-state index contributed by atoms with van der Waals surface area (Å²) in [7, 11) is 0. The zero-order chi connectivity index (χ0) is 12.4. The Morgan fingerprint density at radius 2 is 2.19 bits per heavy atom. The van der Waals surface area contributed by atoms with Crippen LogP contribution in [0.1, 0.15) is 12.8 Å². The maximum atomic E-state index is 11.2. The Balaban J connectivity index is 4.11. The van der Waals surface area contributed by atoms with Crippen LogP contribution in [-0.4, -0.2) is 35.2 Å². The largest absolute Gasteiger partial charge is 0.478 e. The zero-order valence-electron chi connectivity index (χ0n) is 9.22. The third-order valence-corrected chi connectivity index (χ3v) is 2.36. The molecule has 5 heteroatoms. The molecule has 4 nitrogen and oxygen atoms in total. The molecular weight excluding hydrogens is 228 g/mol. The molecule has 0 aliphatic heterocycles. The minimum atomic E-state index is -1.17. The number of hydrogen-bond donors (Lipinski definition) is 1. The van der Waals surface area contributed by atoms with Crippen molar-refractivity contribution in [3.8, 4) is 0 Å². The van der Waals surface area contributed by atoms with Crippen LogP contribution in [0.5, 0.6) is 0 Å². The van der Waals surface area contributed by atoms with Gasteiger partial charge in [0.1, 0.15) is 6.10 Å². The first-order valence-electron chi connectivity index (χ1n) is 4.81. The number of carbonyl (C=O) groups is 2. The number of esters is 1. The fraction of sp³-hybridized carbons (Fsp3) is 0.455. The van der Waals surface area contributed by atoms with Crippen molar-refractivity contribution in [3.63, 3.8) is 0 Å². The number of rotatable bonds is 8. The summed E-state index contributed by atoms with van der Waals surface area (Å²) in [6, 6.07) is 0. The predicted molar refractivity (Wildman–Crippen MR) is 64.5 cm³/mol. The third kappa shape index (κ3) is 8.11. The Kier molecular flexibility index (Phi) is 8.34. The van der Waals surface area contributed by atoms with Crippen molar-refractivity contribution < 1.29 is 19.4 Å². The van der Waals surface area contributed by atoms with Crippen LogP contribution in [0.3, 0.4) is 0 Å². The molecule has 1 atom stereocenters. The fourth-order valence-electron chi connectivity index (χ4n) is 1.00. The van der Waals surface area contributed by atoms with Crippen molar-refractivity contribution in [2.45, 2.75) is 18.9 Å². The van der Waals surface area contributed by atoms with Crippen molar-refractivity contribution in [1.82, 2.24) is 0 Å². The van der Waals surface area contributed by atoms with Gasteiger partial charge in [-0.05, 0) is 18.4 Å². The predicted octanol–water partition coefficient (Wildman–Crippen LogP) is 1.87. The van der Waals surface area contributed by atoms with Gasteiger partial charge < -0.3 is 9.84 Å². The van der Waals surface area contributed by atoms with E-state index in [4.69, 9.17) is 9.84 Å². The van der Waals surface area contributed by atoms with E-state index in [1.807, 2.05) is 6.26 Å². The lowest BCUT2D eigenvalue weighted by atomic mass is 10.2. The van der Waals surface area contributed by atoms with E-state index < -0.39 is 11.9 Å². The van der Waals surface area contributed by atoms with E-state index in [2.05, 4.69) is 6.58 Å². The van der Waals surface area contributed by atoms with Crippen molar-refractivity contribution in [2.75, 3.05) is 12.0 Å². The van der Waals surface area contributed by atoms with E-state index in [1.165, 1.54) is 0 Å². The van der Waals surface area contributed by atoms with Gasteiger partial charge in [0.05, 0.1) is 0 Å². The van der Waals surface area contributed by atoms with Gasteiger partial charge in [-0.1, -0.05) is 6.08 Å². The number of aliphatic carboxylic acids is 1. The van der Waals surface area contributed by atoms with E-state index in [-0.39, 0.29) is 6.10 Å². The topological polar surface area (TPSA) is 63.6 Å². The second-order valence-electron chi connectivity index (χ2n) is 3.04. The number of hydrogen-bond acceptors (Lipinski definition) is 4. The average Bonchev–Trinajstić information content (AvgIpc) is 2.23. The van der Waals surface area contributed by atoms with Crippen LogP contribution in [0.2, 0.25) is 0 Å². The number of thioether (sulfide) groups is 1. The molecular formula is C11H16O4S. The number of carbonyl (C=O) groups excluding carboxylic acids is 1. The van der Waals surface area contributed by atoms with Crippen molar-refractivity contribution in [3.05, 3.63) is 24.8 Å². The van der Waals surface area contributed by atoms with Gasteiger partial charge in [0.15, 0.2) is 0 Å². The molecule has 0 bridgehead atoms. The second kappa shape index (κ2) is 9.03. The van der Waals surface area contributed by atoms with E-state index in [9.17, 15) is 9.59 Å². The molecule has 0 radical (unpaired) electrons. The molecule has 90 valence electrons. The van der Waals surface area contributed by atoms with Gasteiger partial charge >= 0.3 is 11.9 Å². The lowest BCUT2D eigenvalue weighted by molar-refractivity contribution is -0.143. The fourth-order valence-corrected chi connectivity index (χ4v) is 1.50. The SMILES string of the molecule is C=CCC(CCSC)OC(=O)/C=C\C(=O)O. The van der Waals surface area contributed by atoms with Crippen LogP contribution in [-0.2, 0) is 14.3 Å². The second-order valence-corrected chi connectivity index (χ2v) is 4.02. The number of ether oxygens (including phenoxy) is 1. The smallest absolute Gasteiger partial charge is 0.331 e. The minimum Gasteiger partial charge on any atom is -0.478 e. The van der Waals surface area contributed by atoms with Crippen LogP contribution in [0.25, 0.3) is 0 Å². The van der Waals surface area contributed by atoms with E-state index in [0.717, 1.165) is 24.3 Å². The molecule has 1 N–H and O–H groups in total. The highest BCUT2D eigenvalue weighted by atomic mass is 32.2. The van der Waals surface area contributed by atoms with E-state index >= 15 is 0 Å². The van der Waals surface area contributed by atoms with Crippen molar-refractivity contribution in [2.24, 2.45) is 0 Å². The Labute approximate surface area is 99.4 Å². The number of carboxylic acid groups (broad SMARTS) is 1. The van der Waals surface area contributed by atoms with Gasteiger partial charge in [-0.2, -0.15) is 11.8 Å². The lowest BCUT2D eigenvalue weighted by Gasteiger charge is -2.14. The summed E-state index contributed by atoms with van der Waals surface area (Å²) in [6.45, 7) is 3.58. The molecule has 0 spiro atoms. The lowest BCUT2D eigenvalue weighted by Crippen LogP contribution is -2.17. The Hall–Kier alpha value is -1.23. The van der Waals surface area contributed by atoms with Crippen LogP contribution in [0.4, 0.5) is 0 Å². The highest BCUT2D eigenvalue weighted by molar-refractivity contribution is 7.98. The molecule has 0 heterocycles. The van der Waals surface area contributed by atoms with Crippen molar-refractivity contribution >= 4 is 23.7 Å². The standard InChI is InChI=1S/C11H16O4S/c1-3-4-9(7-8-16-2)15-11(14)6-5-10(12)13/h3,5-6,9H,1,4,7-8H2,2H3,(H,12,13)/b6-5-. The van der Waals surface area contributed by atoms with Crippen LogP contribution < -0.4 is 0 Å². The van der Waals surface area contributed by atoms with Gasteiger partial charge in [0.2, 0.25) is 0 Å². The summed E-state index contributed by atoms with van der Waals surface area (Å²) in [5.41, 5.74) is 0. The highest BCUT2D eigenvalue weighted by Gasteiger charge is 2.10. The normalized spacial score (nSPS) is 12.3. The van der Waals surface area contributed by atoms with Gasteiger partial charge in [0.25, 0.3) is 0 Å². The number of carboxylic acids is 1. The summed E-state index contributed by atoms with van der Waals surface area (Å²) in [5, 5.41) is 8.33. The maximum absolute atomic E-state index is 11.2. The van der Waals surface area contributed by atoms with Gasteiger partial charge in [-0.25, -0.2) is 9.59 Å². The van der Waals surface area contributed by atoms with Crippen molar-refractivity contribution in [1.29, 1.82) is 0 Å². The molecule has 0 amide bonds. The van der Waals surface area contributed by atoms with Gasteiger partial charge in [-0.3, -0.25) is 0 Å². The maximum Gasteiger partial charge on any atom is 0.331 e. The molecule has 0 aliphatic rings. The molecule has 16 heavy (non-hydrogen) atoms. The van der Waals surface area contributed by atoms with Crippen LogP contribution >= 0.6 is 11.8 Å². The monoisotopic (exact) mass is 244 g/mol. The zero-order valence-corrected chi connectivity index (χ0v) is 10.0. The first-order chi connectivity index (χ1) is 7.60. The first-order valence-corrected chi connectivity index (χ1v) is 6.21.